The molecule has 3 rings (SSSR count). The van der Waals surface area contributed by atoms with E-state index >= 15 is 0 Å². The van der Waals surface area contributed by atoms with Crippen LogP contribution >= 0.6 is 0 Å². The molecule has 0 bridgehead atoms. The number of ether oxygens (including phenoxy) is 2. The third kappa shape index (κ3) is 7.32. The lowest BCUT2D eigenvalue weighted by atomic mass is 10.0. The summed E-state index contributed by atoms with van der Waals surface area (Å²) in [4.78, 5) is 9.48. The van der Waals surface area contributed by atoms with Crippen molar-refractivity contribution < 1.29 is 22.6 Å². The fourth-order valence-electron chi connectivity index (χ4n) is 3.41. The fraction of sp³-hybridized carbons (Fsp3) is 0.333. The van der Waals surface area contributed by atoms with Crippen molar-refractivity contribution in [2.45, 2.75) is 12.6 Å². The molecule has 0 unspecified atom stereocenters. The van der Waals surface area contributed by atoms with Crippen LogP contribution < -0.4 is 16.2 Å². The molecule has 1 heterocycles. The number of nitrogens with two attached hydrogens (primary N) is 2. The minimum absolute atomic E-state index is 0.252. The number of alkyl halides is 3. The van der Waals surface area contributed by atoms with Gasteiger partial charge in [0.2, 0.25) is 5.90 Å². The molecule has 0 saturated carbocycles. The zero-order chi connectivity index (χ0) is 24.6. The van der Waals surface area contributed by atoms with Gasteiger partial charge in [0.25, 0.3) is 0 Å². The van der Waals surface area contributed by atoms with Crippen LogP contribution in [0.3, 0.4) is 0 Å². The van der Waals surface area contributed by atoms with Gasteiger partial charge in [0.05, 0.1) is 13.2 Å². The van der Waals surface area contributed by atoms with Crippen molar-refractivity contribution in [2.24, 2.45) is 15.7 Å². The molecule has 1 saturated heterocycles. The van der Waals surface area contributed by atoms with Crippen LogP contribution in [0.5, 0.6) is 5.75 Å². The minimum atomic E-state index is -4.50. The average molecular weight is 476 g/mol. The second-order valence-electron chi connectivity index (χ2n) is 7.62. The van der Waals surface area contributed by atoms with E-state index in [1.54, 1.807) is 18.2 Å². The summed E-state index contributed by atoms with van der Waals surface area (Å²) in [5.74, 6) is 0.368. The third-order valence-corrected chi connectivity index (χ3v) is 5.08. The van der Waals surface area contributed by atoms with Crippen molar-refractivity contribution in [1.82, 2.24) is 4.90 Å². The number of hydrogen-bond acceptors (Lipinski definition) is 7. The molecule has 1 fully saturated rings. The standard InChI is InChI=1S/C24H28F3N5O2/c1-30-22(32-10-12-33-13-11-32)15-23(31-16-24(25,26)27)34-21-14-19(29)6-7-20(21)18-4-2-17(3-5-18)8-9-28/h2-7,14-15H,1,8-13,16,28-29H2/b22-15+,31-23?. The first-order valence-corrected chi connectivity index (χ1v) is 10.8. The van der Waals surface area contributed by atoms with Gasteiger partial charge in [-0.05, 0) is 42.9 Å². The summed E-state index contributed by atoms with van der Waals surface area (Å²) >= 11 is 0. The Hall–Kier alpha value is -3.37. The van der Waals surface area contributed by atoms with Gasteiger partial charge in [-0.25, -0.2) is 9.98 Å². The number of anilines is 1. The van der Waals surface area contributed by atoms with Crippen molar-refractivity contribution in [2.75, 3.05) is 45.1 Å². The summed E-state index contributed by atoms with van der Waals surface area (Å²) in [5, 5.41) is 0. The topological polar surface area (TPSA) is 98.5 Å². The van der Waals surface area contributed by atoms with E-state index in [4.69, 9.17) is 20.9 Å². The van der Waals surface area contributed by atoms with Crippen molar-refractivity contribution in [3.63, 3.8) is 0 Å². The Kier molecular flexibility index (Phi) is 8.67. The number of halogens is 3. The Morgan fingerprint density at radius 2 is 1.85 bits per heavy atom. The molecule has 7 nitrogen and oxygen atoms in total. The highest BCUT2D eigenvalue weighted by atomic mass is 19.4. The van der Waals surface area contributed by atoms with Gasteiger partial charge in [-0.1, -0.05) is 24.3 Å². The highest BCUT2D eigenvalue weighted by molar-refractivity contribution is 5.92. The number of rotatable bonds is 8. The second kappa shape index (κ2) is 11.7. The molecule has 0 atom stereocenters. The molecule has 1 aliphatic heterocycles. The normalized spacial score (nSPS) is 15.4. The van der Waals surface area contributed by atoms with Gasteiger partial charge in [0.15, 0.2) is 0 Å². The van der Waals surface area contributed by atoms with Crippen molar-refractivity contribution in [3.8, 4) is 16.9 Å². The number of hydrogen-bond donors (Lipinski definition) is 2. The zero-order valence-electron chi connectivity index (χ0n) is 18.7. The molecule has 0 amide bonds. The first kappa shape index (κ1) is 25.3. The number of nitrogen functional groups attached to an aromatic ring is 1. The summed E-state index contributed by atoms with van der Waals surface area (Å²) in [6.45, 7) is 4.67. The van der Waals surface area contributed by atoms with E-state index in [2.05, 4.69) is 16.7 Å². The van der Waals surface area contributed by atoms with E-state index in [1.807, 2.05) is 29.2 Å². The molecule has 2 aromatic rings. The van der Waals surface area contributed by atoms with Gasteiger partial charge in [0, 0.05) is 36.5 Å². The third-order valence-electron chi connectivity index (χ3n) is 5.08. The van der Waals surface area contributed by atoms with Crippen LogP contribution in [-0.4, -0.2) is 63.1 Å². The molecule has 4 N–H and O–H groups in total. The fourth-order valence-corrected chi connectivity index (χ4v) is 3.41. The molecular weight excluding hydrogens is 447 g/mol. The summed E-state index contributed by atoms with van der Waals surface area (Å²) in [5.41, 5.74) is 14.5. The molecule has 34 heavy (non-hydrogen) atoms. The first-order valence-electron chi connectivity index (χ1n) is 10.8. The lowest BCUT2D eigenvalue weighted by Gasteiger charge is -2.28. The Bertz CT molecular complexity index is 1030. The number of benzene rings is 2. The molecule has 1 aliphatic rings. The molecular formula is C24H28F3N5O2. The van der Waals surface area contributed by atoms with Crippen LogP contribution in [-0.2, 0) is 11.2 Å². The number of morpholine rings is 1. The molecule has 2 aromatic carbocycles. The maximum Gasteiger partial charge on any atom is 0.408 e. The largest absolute Gasteiger partial charge is 0.439 e. The Labute approximate surface area is 196 Å². The first-order chi connectivity index (χ1) is 16.3. The predicted octanol–water partition coefficient (Wildman–Crippen LogP) is 3.65. The van der Waals surface area contributed by atoms with Crippen LogP contribution in [0, 0.1) is 0 Å². The van der Waals surface area contributed by atoms with Gasteiger partial charge < -0.3 is 25.8 Å². The van der Waals surface area contributed by atoms with E-state index in [-0.39, 0.29) is 11.6 Å². The van der Waals surface area contributed by atoms with E-state index < -0.39 is 12.7 Å². The maximum absolute atomic E-state index is 13.0. The van der Waals surface area contributed by atoms with Crippen molar-refractivity contribution >= 4 is 18.3 Å². The van der Waals surface area contributed by atoms with E-state index in [1.165, 1.54) is 6.08 Å². The van der Waals surface area contributed by atoms with E-state index in [0.717, 1.165) is 17.5 Å². The molecule has 0 aliphatic carbocycles. The van der Waals surface area contributed by atoms with Crippen LogP contribution in [0.1, 0.15) is 5.56 Å². The van der Waals surface area contributed by atoms with Crippen molar-refractivity contribution in [3.05, 3.63) is 59.9 Å². The van der Waals surface area contributed by atoms with Crippen LogP contribution in [0.2, 0.25) is 0 Å². The Morgan fingerprint density at radius 1 is 1.15 bits per heavy atom. The molecule has 182 valence electrons. The second-order valence-corrected chi connectivity index (χ2v) is 7.62. The highest BCUT2D eigenvalue weighted by Gasteiger charge is 2.27. The SMILES string of the molecule is C=N/C(=C\C(=NCC(F)(F)F)Oc1cc(N)ccc1-c1ccc(CCN)cc1)N1CCOCC1. The summed E-state index contributed by atoms with van der Waals surface area (Å²) in [6, 6.07) is 12.7. The predicted molar refractivity (Wildman–Crippen MR) is 128 cm³/mol. The number of nitrogens with zero attached hydrogens (tertiary/aromatic N) is 3. The van der Waals surface area contributed by atoms with Gasteiger partial charge in [-0.3, -0.25) is 0 Å². The van der Waals surface area contributed by atoms with Gasteiger partial charge in [0.1, 0.15) is 18.1 Å². The summed E-state index contributed by atoms with van der Waals surface area (Å²) in [6.07, 6.45) is -2.41. The summed E-state index contributed by atoms with van der Waals surface area (Å²) in [7, 11) is 0. The van der Waals surface area contributed by atoms with Crippen LogP contribution in [0.4, 0.5) is 18.9 Å². The molecule has 10 heteroatoms. The quantitative estimate of drug-likeness (QED) is 0.345. The smallest absolute Gasteiger partial charge is 0.408 e. The Morgan fingerprint density at radius 3 is 2.47 bits per heavy atom. The average Bonchev–Trinajstić information content (AvgIpc) is 2.82. The van der Waals surface area contributed by atoms with Gasteiger partial charge in [-0.2, -0.15) is 13.2 Å². The van der Waals surface area contributed by atoms with Crippen LogP contribution in [0.25, 0.3) is 11.1 Å². The Balaban J connectivity index is 1.97. The van der Waals surface area contributed by atoms with Gasteiger partial charge in [-0.15, -0.1) is 0 Å². The van der Waals surface area contributed by atoms with Crippen LogP contribution in [0.15, 0.2) is 64.3 Å². The van der Waals surface area contributed by atoms with E-state index in [9.17, 15) is 13.2 Å². The lowest BCUT2D eigenvalue weighted by Crippen LogP contribution is -2.35. The van der Waals surface area contributed by atoms with E-state index in [0.29, 0.717) is 49.9 Å². The molecule has 0 spiro atoms. The van der Waals surface area contributed by atoms with Gasteiger partial charge >= 0.3 is 6.18 Å². The highest BCUT2D eigenvalue weighted by Crippen LogP contribution is 2.33. The minimum Gasteiger partial charge on any atom is -0.439 e. The monoisotopic (exact) mass is 475 g/mol. The summed E-state index contributed by atoms with van der Waals surface area (Å²) < 4.78 is 50.1. The lowest BCUT2D eigenvalue weighted by molar-refractivity contribution is -0.118. The number of aliphatic imine (C=N–C) groups is 2. The molecule has 0 radical (unpaired) electrons. The zero-order valence-corrected chi connectivity index (χ0v) is 18.7. The van der Waals surface area contributed by atoms with Crippen molar-refractivity contribution in [1.29, 1.82) is 0 Å². The molecule has 0 aromatic heterocycles. The maximum atomic E-state index is 13.0.